The quantitative estimate of drug-likeness (QED) is 0.806. The Hall–Kier alpha value is -2.41. The van der Waals surface area contributed by atoms with Gasteiger partial charge in [0.05, 0.1) is 6.04 Å². The Labute approximate surface area is 159 Å². The van der Waals surface area contributed by atoms with Crippen molar-refractivity contribution >= 4 is 17.7 Å². The third kappa shape index (κ3) is 5.07. The van der Waals surface area contributed by atoms with Crippen LogP contribution in [0.25, 0.3) is 0 Å². The second-order valence-electron chi connectivity index (χ2n) is 7.29. The number of hydrogen-bond donors (Lipinski definition) is 2. The molecule has 2 aliphatic heterocycles. The maximum Gasteiger partial charge on any atom is 0.251 e. The summed E-state index contributed by atoms with van der Waals surface area (Å²) in [5.41, 5.74) is 0.809. The third-order valence-corrected chi connectivity index (χ3v) is 5.20. The van der Waals surface area contributed by atoms with Gasteiger partial charge in [-0.3, -0.25) is 14.4 Å². The van der Waals surface area contributed by atoms with E-state index in [1.807, 2.05) is 35.2 Å². The van der Waals surface area contributed by atoms with E-state index in [0.29, 0.717) is 5.92 Å². The zero-order chi connectivity index (χ0) is 19.2. The van der Waals surface area contributed by atoms with E-state index in [2.05, 4.69) is 17.6 Å². The highest BCUT2D eigenvalue weighted by molar-refractivity contribution is 5.86. The molecule has 1 aromatic rings. The van der Waals surface area contributed by atoms with Crippen LogP contribution in [0.5, 0.6) is 0 Å². The van der Waals surface area contributed by atoms with Crippen molar-refractivity contribution in [1.29, 1.82) is 0 Å². The molecule has 2 saturated heterocycles. The average molecular weight is 373 g/mol. The topological polar surface area (TPSA) is 87.7 Å². The van der Waals surface area contributed by atoms with E-state index in [-0.39, 0.29) is 37.3 Å². The smallest absolute Gasteiger partial charge is 0.251 e. The van der Waals surface area contributed by atoms with E-state index in [1.165, 1.54) is 0 Å². The Kier molecular flexibility index (Phi) is 6.45. The summed E-state index contributed by atoms with van der Waals surface area (Å²) in [5.74, 6) is 0.174. The number of hydrogen-bond acceptors (Lipinski definition) is 4. The molecule has 0 saturated carbocycles. The van der Waals surface area contributed by atoms with Crippen LogP contribution >= 0.6 is 0 Å². The van der Waals surface area contributed by atoms with E-state index < -0.39 is 12.1 Å². The molecule has 146 valence electrons. The number of amides is 3. The van der Waals surface area contributed by atoms with Crippen molar-refractivity contribution in [3.63, 3.8) is 0 Å². The van der Waals surface area contributed by atoms with Gasteiger partial charge in [0.25, 0.3) is 5.91 Å². The molecule has 0 bridgehead atoms. The summed E-state index contributed by atoms with van der Waals surface area (Å²) in [6.07, 6.45) is 1.53. The van der Waals surface area contributed by atoms with Gasteiger partial charge in [0.1, 0.15) is 6.61 Å². The number of carbonyl (C=O) groups is 3. The van der Waals surface area contributed by atoms with E-state index >= 15 is 0 Å². The number of ether oxygens (including phenoxy) is 1. The molecule has 7 heteroatoms. The SMILES string of the molecule is CC1CCN(C(=O)CCNC(=O)C2OCC(=O)NC2c2ccccc2)CC1. The van der Waals surface area contributed by atoms with Crippen LogP contribution in [0.3, 0.4) is 0 Å². The molecule has 2 heterocycles. The van der Waals surface area contributed by atoms with Gasteiger partial charge < -0.3 is 20.3 Å². The van der Waals surface area contributed by atoms with Gasteiger partial charge in [0.2, 0.25) is 11.8 Å². The summed E-state index contributed by atoms with van der Waals surface area (Å²) in [5, 5.41) is 5.60. The van der Waals surface area contributed by atoms with Gasteiger partial charge in [0.15, 0.2) is 6.10 Å². The normalized spacial score (nSPS) is 23.6. The first-order valence-electron chi connectivity index (χ1n) is 9.56. The van der Waals surface area contributed by atoms with Gasteiger partial charge in [0, 0.05) is 26.1 Å². The van der Waals surface area contributed by atoms with E-state index in [0.717, 1.165) is 31.5 Å². The minimum Gasteiger partial charge on any atom is -0.356 e. The number of likely N-dealkylation sites (tertiary alicyclic amines) is 1. The Morgan fingerprint density at radius 2 is 1.93 bits per heavy atom. The number of benzene rings is 1. The molecule has 1 aromatic carbocycles. The third-order valence-electron chi connectivity index (χ3n) is 5.20. The number of rotatable bonds is 5. The summed E-state index contributed by atoms with van der Waals surface area (Å²) in [7, 11) is 0. The van der Waals surface area contributed by atoms with Crippen LogP contribution in [-0.4, -0.2) is 55.0 Å². The number of nitrogens with zero attached hydrogens (tertiary/aromatic N) is 1. The van der Waals surface area contributed by atoms with Gasteiger partial charge in [-0.2, -0.15) is 0 Å². The fourth-order valence-electron chi connectivity index (χ4n) is 3.51. The Morgan fingerprint density at radius 3 is 2.63 bits per heavy atom. The van der Waals surface area contributed by atoms with Crippen LogP contribution in [0.1, 0.15) is 37.8 Å². The van der Waals surface area contributed by atoms with Crippen molar-refractivity contribution in [2.75, 3.05) is 26.2 Å². The van der Waals surface area contributed by atoms with Gasteiger partial charge >= 0.3 is 0 Å². The lowest BCUT2D eigenvalue weighted by Crippen LogP contribution is -2.52. The molecule has 0 radical (unpaired) electrons. The van der Waals surface area contributed by atoms with Crippen LogP contribution in [-0.2, 0) is 19.1 Å². The van der Waals surface area contributed by atoms with Gasteiger partial charge in [-0.25, -0.2) is 0 Å². The molecular weight excluding hydrogens is 346 g/mol. The minimum absolute atomic E-state index is 0.0691. The lowest BCUT2D eigenvalue weighted by Gasteiger charge is -2.32. The van der Waals surface area contributed by atoms with Crippen LogP contribution in [0.4, 0.5) is 0 Å². The summed E-state index contributed by atoms with van der Waals surface area (Å²) in [4.78, 5) is 38.4. The molecule has 3 rings (SSSR count). The monoisotopic (exact) mass is 373 g/mol. The lowest BCUT2D eigenvalue weighted by molar-refractivity contribution is -0.148. The predicted octanol–water partition coefficient (Wildman–Crippen LogP) is 1.01. The molecular formula is C20H27N3O4. The molecule has 0 spiro atoms. The zero-order valence-electron chi connectivity index (χ0n) is 15.6. The largest absolute Gasteiger partial charge is 0.356 e. The summed E-state index contributed by atoms with van der Waals surface area (Å²) < 4.78 is 5.49. The average Bonchev–Trinajstić information content (AvgIpc) is 2.69. The molecule has 2 atom stereocenters. The molecule has 0 aromatic heterocycles. The molecule has 2 unspecified atom stereocenters. The summed E-state index contributed by atoms with van der Waals surface area (Å²) in [6.45, 7) is 3.91. The molecule has 2 N–H and O–H groups in total. The molecule has 3 amide bonds. The fourth-order valence-corrected chi connectivity index (χ4v) is 3.51. The Bertz CT molecular complexity index is 671. The number of nitrogens with one attached hydrogen (secondary N) is 2. The summed E-state index contributed by atoms with van der Waals surface area (Å²) in [6, 6.07) is 8.73. The van der Waals surface area contributed by atoms with Crippen LogP contribution in [0.2, 0.25) is 0 Å². The maximum atomic E-state index is 12.6. The Morgan fingerprint density at radius 1 is 1.22 bits per heavy atom. The molecule has 7 nitrogen and oxygen atoms in total. The molecule has 27 heavy (non-hydrogen) atoms. The number of morpholine rings is 1. The predicted molar refractivity (Wildman–Crippen MR) is 99.7 cm³/mol. The first-order valence-corrected chi connectivity index (χ1v) is 9.56. The van der Waals surface area contributed by atoms with E-state index in [1.54, 1.807) is 0 Å². The first kappa shape index (κ1) is 19.4. The van der Waals surface area contributed by atoms with Crippen molar-refractivity contribution in [2.24, 2.45) is 5.92 Å². The first-order chi connectivity index (χ1) is 13.0. The van der Waals surface area contributed by atoms with E-state index in [4.69, 9.17) is 4.74 Å². The van der Waals surface area contributed by atoms with Crippen molar-refractivity contribution in [1.82, 2.24) is 15.5 Å². The zero-order valence-corrected chi connectivity index (χ0v) is 15.6. The van der Waals surface area contributed by atoms with Gasteiger partial charge in [-0.05, 0) is 24.3 Å². The maximum absolute atomic E-state index is 12.6. The van der Waals surface area contributed by atoms with Crippen molar-refractivity contribution in [3.8, 4) is 0 Å². The molecule has 2 fully saturated rings. The highest BCUT2D eigenvalue weighted by Gasteiger charge is 2.35. The summed E-state index contributed by atoms with van der Waals surface area (Å²) >= 11 is 0. The second kappa shape index (κ2) is 8.99. The standard InChI is InChI=1S/C20H27N3O4/c1-14-8-11-23(12-9-14)17(25)7-10-21-20(26)19-18(22-16(24)13-27-19)15-5-3-2-4-6-15/h2-6,14,18-19H,7-13H2,1H3,(H,21,26)(H,22,24). The van der Waals surface area contributed by atoms with Crippen molar-refractivity contribution < 1.29 is 19.1 Å². The van der Waals surface area contributed by atoms with Crippen LogP contribution in [0, 0.1) is 5.92 Å². The van der Waals surface area contributed by atoms with E-state index in [9.17, 15) is 14.4 Å². The fraction of sp³-hybridized carbons (Fsp3) is 0.550. The van der Waals surface area contributed by atoms with Crippen LogP contribution in [0.15, 0.2) is 30.3 Å². The second-order valence-corrected chi connectivity index (χ2v) is 7.29. The highest BCUT2D eigenvalue weighted by atomic mass is 16.5. The number of piperidine rings is 1. The lowest BCUT2D eigenvalue weighted by atomic mass is 9.99. The Balaban J connectivity index is 1.51. The molecule has 0 aliphatic carbocycles. The van der Waals surface area contributed by atoms with Gasteiger partial charge in [-0.15, -0.1) is 0 Å². The molecule has 2 aliphatic rings. The number of carbonyl (C=O) groups excluding carboxylic acids is 3. The van der Waals surface area contributed by atoms with Crippen molar-refractivity contribution in [3.05, 3.63) is 35.9 Å². The van der Waals surface area contributed by atoms with Gasteiger partial charge in [-0.1, -0.05) is 37.3 Å². The minimum atomic E-state index is -0.809. The van der Waals surface area contributed by atoms with Crippen LogP contribution < -0.4 is 10.6 Å². The van der Waals surface area contributed by atoms with Crippen molar-refractivity contribution in [2.45, 2.75) is 38.3 Å². The highest BCUT2D eigenvalue weighted by Crippen LogP contribution is 2.22.